The summed E-state index contributed by atoms with van der Waals surface area (Å²) in [5.74, 6) is -0.724. The number of benzene rings is 2. The number of imide groups is 1. The summed E-state index contributed by atoms with van der Waals surface area (Å²) >= 11 is 0. The molecular weight excluding hydrogens is 480 g/mol. The van der Waals surface area contributed by atoms with E-state index in [1.165, 1.54) is 4.90 Å². The van der Waals surface area contributed by atoms with E-state index in [0.29, 0.717) is 17.5 Å². The first-order chi connectivity index (χ1) is 18.1. The number of nitrogens with one attached hydrogen (secondary N) is 1. The number of hydrogen-bond acceptors (Lipinski definition) is 5. The summed E-state index contributed by atoms with van der Waals surface area (Å²) in [5, 5.41) is 2.86. The van der Waals surface area contributed by atoms with Crippen LogP contribution in [0, 0.1) is 6.92 Å². The molecule has 0 saturated carbocycles. The zero-order chi connectivity index (χ0) is 27.0. The number of pyridine rings is 1. The number of amides is 3. The highest BCUT2D eigenvalue weighted by Gasteiger charge is 2.37. The predicted octanol–water partition coefficient (Wildman–Crippen LogP) is 5.04. The fraction of sp³-hybridized carbons (Fsp3) is 0.267. The van der Waals surface area contributed by atoms with Crippen molar-refractivity contribution in [3.8, 4) is 11.3 Å². The molecule has 0 bridgehead atoms. The molecule has 1 atom stereocenters. The number of ether oxygens (including phenoxy) is 1. The molecule has 5 rings (SSSR count). The summed E-state index contributed by atoms with van der Waals surface area (Å²) < 4.78 is 7.45. The van der Waals surface area contributed by atoms with E-state index < -0.39 is 17.7 Å². The molecule has 38 heavy (non-hydrogen) atoms. The van der Waals surface area contributed by atoms with E-state index in [1.54, 1.807) is 45.0 Å². The summed E-state index contributed by atoms with van der Waals surface area (Å²) in [6, 6.07) is 18.1. The lowest BCUT2D eigenvalue weighted by Gasteiger charge is -2.26. The Bertz CT molecular complexity index is 1500. The second-order valence-corrected chi connectivity index (χ2v) is 10.6. The second kappa shape index (κ2) is 9.78. The van der Waals surface area contributed by atoms with Crippen LogP contribution in [0.1, 0.15) is 52.6 Å². The molecule has 2 aromatic carbocycles. The van der Waals surface area contributed by atoms with Gasteiger partial charge in [-0.3, -0.25) is 14.5 Å². The fourth-order valence-corrected chi connectivity index (χ4v) is 4.65. The Balaban J connectivity index is 1.36. The van der Waals surface area contributed by atoms with Crippen LogP contribution < -0.4 is 5.32 Å². The number of aromatic nitrogens is 2. The SMILES string of the molecule is Cc1cccn2cc(-c3ccc(C[C@@H](CN4C(=O)c5ccccc5C4=O)NC(=O)OC(C)(C)C)cc3)nc12. The Morgan fingerprint density at radius 1 is 0.974 bits per heavy atom. The van der Waals surface area contributed by atoms with Crippen LogP contribution in [0.25, 0.3) is 16.9 Å². The smallest absolute Gasteiger partial charge is 0.407 e. The monoisotopic (exact) mass is 510 g/mol. The van der Waals surface area contributed by atoms with E-state index >= 15 is 0 Å². The molecule has 0 unspecified atom stereocenters. The van der Waals surface area contributed by atoms with Gasteiger partial charge in [0.05, 0.1) is 29.4 Å². The van der Waals surface area contributed by atoms with Crippen LogP contribution in [-0.2, 0) is 11.2 Å². The number of rotatable bonds is 6. The van der Waals surface area contributed by atoms with Crippen molar-refractivity contribution in [1.29, 1.82) is 0 Å². The third-order valence-corrected chi connectivity index (χ3v) is 6.41. The van der Waals surface area contributed by atoms with Gasteiger partial charge >= 0.3 is 6.09 Å². The number of carbonyl (C=O) groups excluding carboxylic acids is 3. The van der Waals surface area contributed by atoms with Gasteiger partial charge in [0.1, 0.15) is 11.2 Å². The number of fused-ring (bicyclic) bond motifs is 2. The molecule has 8 heteroatoms. The van der Waals surface area contributed by atoms with Gasteiger partial charge < -0.3 is 14.5 Å². The maximum atomic E-state index is 13.0. The zero-order valence-corrected chi connectivity index (χ0v) is 21.9. The fourth-order valence-electron chi connectivity index (χ4n) is 4.65. The van der Waals surface area contributed by atoms with Crippen molar-refractivity contribution in [2.45, 2.75) is 45.8 Å². The molecule has 0 fully saturated rings. The van der Waals surface area contributed by atoms with Crippen LogP contribution in [0.3, 0.4) is 0 Å². The average Bonchev–Trinajstić information content (AvgIpc) is 3.40. The Morgan fingerprint density at radius 3 is 2.24 bits per heavy atom. The van der Waals surface area contributed by atoms with E-state index in [-0.39, 0.29) is 18.4 Å². The van der Waals surface area contributed by atoms with Crippen LogP contribution >= 0.6 is 0 Å². The van der Waals surface area contributed by atoms with Crippen molar-refractivity contribution in [3.05, 3.63) is 95.3 Å². The maximum absolute atomic E-state index is 13.0. The zero-order valence-electron chi connectivity index (χ0n) is 21.9. The Kier molecular flexibility index (Phi) is 6.48. The third-order valence-electron chi connectivity index (χ3n) is 6.41. The van der Waals surface area contributed by atoms with Crippen molar-refractivity contribution >= 4 is 23.6 Å². The molecule has 3 heterocycles. The molecular formula is C30H30N4O4. The number of aryl methyl sites for hydroxylation is 1. The van der Waals surface area contributed by atoms with Crippen molar-refractivity contribution in [3.63, 3.8) is 0 Å². The first-order valence-corrected chi connectivity index (χ1v) is 12.6. The van der Waals surface area contributed by atoms with Crippen LogP contribution in [-0.4, -0.2) is 50.4 Å². The Labute approximate surface area is 221 Å². The topological polar surface area (TPSA) is 93.0 Å². The highest BCUT2D eigenvalue weighted by molar-refractivity contribution is 6.21. The molecule has 4 aromatic rings. The predicted molar refractivity (Wildman–Crippen MR) is 144 cm³/mol. The molecule has 0 saturated heterocycles. The van der Waals surface area contributed by atoms with E-state index in [2.05, 4.69) is 5.32 Å². The number of imidazole rings is 1. The van der Waals surface area contributed by atoms with Gasteiger partial charge in [-0.25, -0.2) is 9.78 Å². The minimum Gasteiger partial charge on any atom is -0.444 e. The lowest BCUT2D eigenvalue weighted by Crippen LogP contribution is -2.48. The summed E-state index contributed by atoms with van der Waals surface area (Å²) in [6.07, 6.45) is 3.76. The quantitative estimate of drug-likeness (QED) is 0.367. The number of carbonyl (C=O) groups is 3. The standard InChI is InChI=1S/C30H30N4O4/c1-19-8-7-15-33-18-25(32-26(19)33)21-13-11-20(12-14-21)16-22(31-29(37)38-30(2,3)4)17-34-27(35)23-9-5-6-10-24(23)28(34)36/h5-15,18,22H,16-17H2,1-4H3,(H,31,37)/t22-/m0/s1. The summed E-state index contributed by atoms with van der Waals surface area (Å²) in [6.45, 7) is 7.41. The Hall–Kier alpha value is -4.46. The van der Waals surface area contributed by atoms with Gasteiger partial charge in [-0.05, 0) is 63.4 Å². The van der Waals surface area contributed by atoms with Crippen molar-refractivity contribution < 1.29 is 19.1 Å². The summed E-state index contributed by atoms with van der Waals surface area (Å²) in [5.41, 5.74) is 4.84. The van der Waals surface area contributed by atoms with Crippen molar-refractivity contribution in [1.82, 2.24) is 19.6 Å². The lowest BCUT2D eigenvalue weighted by atomic mass is 10.0. The minimum atomic E-state index is -0.682. The van der Waals surface area contributed by atoms with Crippen LogP contribution in [0.5, 0.6) is 0 Å². The van der Waals surface area contributed by atoms with Gasteiger partial charge in [-0.2, -0.15) is 0 Å². The third kappa shape index (κ3) is 5.16. The van der Waals surface area contributed by atoms with Gasteiger partial charge in [0.15, 0.2) is 0 Å². The number of hydrogen-bond donors (Lipinski definition) is 1. The lowest BCUT2D eigenvalue weighted by molar-refractivity contribution is 0.0468. The van der Waals surface area contributed by atoms with Crippen molar-refractivity contribution in [2.75, 3.05) is 6.54 Å². The van der Waals surface area contributed by atoms with E-state index in [1.807, 2.05) is 60.1 Å². The molecule has 1 N–H and O–H groups in total. The number of alkyl carbamates (subject to hydrolysis) is 1. The average molecular weight is 511 g/mol. The summed E-state index contributed by atoms with van der Waals surface area (Å²) in [7, 11) is 0. The highest BCUT2D eigenvalue weighted by atomic mass is 16.6. The Morgan fingerprint density at radius 2 is 1.63 bits per heavy atom. The van der Waals surface area contributed by atoms with E-state index in [4.69, 9.17) is 9.72 Å². The van der Waals surface area contributed by atoms with Crippen molar-refractivity contribution in [2.24, 2.45) is 0 Å². The highest BCUT2D eigenvalue weighted by Crippen LogP contribution is 2.24. The largest absolute Gasteiger partial charge is 0.444 e. The molecule has 1 aliphatic rings. The second-order valence-electron chi connectivity index (χ2n) is 10.6. The first kappa shape index (κ1) is 25.2. The molecule has 0 spiro atoms. The number of nitrogens with zero attached hydrogens (tertiary/aromatic N) is 3. The molecule has 0 aliphatic carbocycles. The first-order valence-electron chi connectivity index (χ1n) is 12.6. The van der Waals surface area contributed by atoms with Gasteiger partial charge in [-0.15, -0.1) is 0 Å². The molecule has 1 aliphatic heterocycles. The van der Waals surface area contributed by atoms with Gasteiger partial charge in [0, 0.05) is 18.0 Å². The van der Waals surface area contributed by atoms with Crippen LogP contribution in [0.4, 0.5) is 4.79 Å². The van der Waals surface area contributed by atoms with Gasteiger partial charge in [0.2, 0.25) is 0 Å². The normalized spacial score (nSPS) is 14.1. The molecule has 0 radical (unpaired) electrons. The molecule has 8 nitrogen and oxygen atoms in total. The molecule has 2 aromatic heterocycles. The van der Waals surface area contributed by atoms with Crippen LogP contribution in [0.15, 0.2) is 73.1 Å². The van der Waals surface area contributed by atoms with Gasteiger partial charge in [0.25, 0.3) is 11.8 Å². The summed E-state index contributed by atoms with van der Waals surface area (Å²) in [4.78, 5) is 44.5. The van der Waals surface area contributed by atoms with E-state index in [0.717, 1.165) is 28.0 Å². The molecule has 194 valence electrons. The molecule has 3 amide bonds. The minimum absolute atomic E-state index is 0.0268. The van der Waals surface area contributed by atoms with Gasteiger partial charge in [-0.1, -0.05) is 42.5 Å². The van der Waals surface area contributed by atoms with Crippen LogP contribution in [0.2, 0.25) is 0 Å². The maximum Gasteiger partial charge on any atom is 0.407 e. The van der Waals surface area contributed by atoms with E-state index in [9.17, 15) is 14.4 Å².